The van der Waals surface area contributed by atoms with Crippen LogP contribution in [-0.4, -0.2) is 16.2 Å². The van der Waals surface area contributed by atoms with E-state index in [1.165, 1.54) is 0 Å². The second-order valence-corrected chi connectivity index (χ2v) is 3.60. The van der Waals surface area contributed by atoms with Gasteiger partial charge in [0.15, 0.2) is 17.3 Å². The molecule has 0 aliphatic rings. The summed E-state index contributed by atoms with van der Waals surface area (Å²) in [5, 5.41) is 10.8. The van der Waals surface area contributed by atoms with Gasteiger partial charge in [-0.25, -0.2) is 18.0 Å². The summed E-state index contributed by atoms with van der Waals surface area (Å²) in [6.07, 6.45) is 0. The van der Waals surface area contributed by atoms with E-state index < -0.39 is 45.5 Å². The summed E-state index contributed by atoms with van der Waals surface area (Å²) in [5.41, 5.74) is -1.31. The lowest BCUT2D eigenvalue weighted by molar-refractivity contribution is 0.0686. The van der Waals surface area contributed by atoms with Crippen molar-refractivity contribution in [3.05, 3.63) is 40.3 Å². The predicted molar refractivity (Wildman–Crippen MR) is 53.8 cm³/mol. The van der Waals surface area contributed by atoms with Gasteiger partial charge in [-0.3, -0.25) is 0 Å². The van der Waals surface area contributed by atoms with E-state index in [0.717, 1.165) is 6.07 Å². The molecule has 1 N–H and O–H groups in total. The predicted octanol–water partition coefficient (Wildman–Crippen LogP) is 3.11. The summed E-state index contributed by atoms with van der Waals surface area (Å²) < 4.78 is 44.4. The number of aromatic nitrogens is 1. The van der Waals surface area contributed by atoms with Crippen LogP contribution >= 0.6 is 11.6 Å². The smallest absolute Gasteiger partial charge is 0.358 e. The quantitative estimate of drug-likeness (QED) is 0.677. The fourth-order valence-corrected chi connectivity index (χ4v) is 1.43. The zero-order valence-electron chi connectivity index (χ0n) is 8.38. The summed E-state index contributed by atoms with van der Waals surface area (Å²) >= 11 is 5.28. The van der Waals surface area contributed by atoms with Gasteiger partial charge in [-0.1, -0.05) is 16.8 Å². The Morgan fingerprint density at radius 1 is 1.28 bits per heavy atom. The van der Waals surface area contributed by atoms with Gasteiger partial charge < -0.3 is 9.63 Å². The molecule has 0 amide bonds. The molecule has 0 atom stereocenters. The van der Waals surface area contributed by atoms with Crippen LogP contribution in [0.4, 0.5) is 13.2 Å². The van der Waals surface area contributed by atoms with Crippen LogP contribution in [0, 0.1) is 17.5 Å². The molecule has 0 aliphatic heterocycles. The van der Waals surface area contributed by atoms with Gasteiger partial charge in [-0.2, -0.15) is 0 Å². The highest BCUT2D eigenvalue weighted by Crippen LogP contribution is 2.32. The van der Waals surface area contributed by atoms with Crippen LogP contribution in [0.5, 0.6) is 0 Å². The van der Waals surface area contributed by atoms with Gasteiger partial charge in [0, 0.05) is 12.1 Å². The maximum atomic E-state index is 13.6. The maximum Gasteiger partial charge on any atom is 0.358 e. The Bertz CT molecular complexity index is 642. The van der Waals surface area contributed by atoms with Crippen molar-refractivity contribution in [1.82, 2.24) is 5.16 Å². The number of carboxylic acid groups (broad SMARTS) is 1. The average Bonchev–Trinajstić information content (AvgIpc) is 2.75. The Hall–Kier alpha value is -2.02. The van der Waals surface area contributed by atoms with Crippen LogP contribution in [0.3, 0.4) is 0 Å². The lowest BCUT2D eigenvalue weighted by Crippen LogP contribution is -1.95. The minimum absolute atomic E-state index is 0.365. The van der Waals surface area contributed by atoms with Crippen molar-refractivity contribution in [3.8, 4) is 11.3 Å². The Morgan fingerprint density at radius 3 is 2.50 bits per heavy atom. The molecule has 0 aliphatic carbocycles. The van der Waals surface area contributed by atoms with Gasteiger partial charge in [0.25, 0.3) is 0 Å². The first-order valence-electron chi connectivity index (χ1n) is 4.45. The topological polar surface area (TPSA) is 63.3 Å². The number of carbonyl (C=O) groups is 1. The standard InChI is InChI=1S/C10H3ClF3NO3/c11-8-4(13)1-3(12)7(9(8)14)6-2-5(10(16)17)15-18-6/h1-2H,(H,16,17). The first kappa shape index (κ1) is 12.4. The summed E-state index contributed by atoms with van der Waals surface area (Å²) in [6, 6.07) is 1.17. The highest BCUT2D eigenvalue weighted by Gasteiger charge is 2.23. The molecule has 1 aromatic carbocycles. The van der Waals surface area contributed by atoms with Gasteiger partial charge in [0.2, 0.25) is 0 Å². The molecule has 8 heteroatoms. The molecule has 0 unspecified atom stereocenters. The van der Waals surface area contributed by atoms with Crippen molar-refractivity contribution >= 4 is 17.6 Å². The monoisotopic (exact) mass is 277 g/mol. The minimum Gasteiger partial charge on any atom is -0.476 e. The third-order valence-corrected chi connectivity index (χ3v) is 2.44. The third-order valence-electron chi connectivity index (χ3n) is 2.09. The van der Waals surface area contributed by atoms with E-state index in [0.29, 0.717) is 6.07 Å². The number of hydrogen-bond donors (Lipinski definition) is 1. The molecule has 0 bridgehead atoms. The van der Waals surface area contributed by atoms with E-state index in [1.807, 2.05) is 0 Å². The highest BCUT2D eigenvalue weighted by molar-refractivity contribution is 6.31. The van der Waals surface area contributed by atoms with Crippen LogP contribution < -0.4 is 0 Å². The second-order valence-electron chi connectivity index (χ2n) is 3.22. The molecular formula is C10H3ClF3NO3. The van der Waals surface area contributed by atoms with Gasteiger partial charge in [-0.05, 0) is 0 Å². The van der Waals surface area contributed by atoms with Crippen molar-refractivity contribution in [2.45, 2.75) is 0 Å². The number of rotatable bonds is 2. The van der Waals surface area contributed by atoms with E-state index in [1.54, 1.807) is 0 Å². The largest absolute Gasteiger partial charge is 0.476 e. The lowest BCUT2D eigenvalue weighted by Gasteiger charge is -2.03. The summed E-state index contributed by atoms with van der Waals surface area (Å²) in [4.78, 5) is 10.5. The highest BCUT2D eigenvalue weighted by atomic mass is 35.5. The number of nitrogens with zero attached hydrogens (tertiary/aromatic N) is 1. The van der Waals surface area contributed by atoms with Crippen molar-refractivity contribution in [3.63, 3.8) is 0 Å². The van der Waals surface area contributed by atoms with E-state index >= 15 is 0 Å². The lowest BCUT2D eigenvalue weighted by atomic mass is 10.1. The maximum absolute atomic E-state index is 13.6. The summed E-state index contributed by atoms with van der Waals surface area (Å²) in [5.74, 6) is -5.86. The summed E-state index contributed by atoms with van der Waals surface area (Å²) in [7, 11) is 0. The normalized spacial score (nSPS) is 10.7. The Morgan fingerprint density at radius 2 is 1.94 bits per heavy atom. The molecule has 1 aromatic heterocycles. The van der Waals surface area contributed by atoms with E-state index in [9.17, 15) is 18.0 Å². The molecule has 0 spiro atoms. The number of hydrogen-bond acceptors (Lipinski definition) is 3. The van der Waals surface area contributed by atoms with Crippen LogP contribution in [0.2, 0.25) is 5.02 Å². The molecule has 1 heterocycles. The fourth-order valence-electron chi connectivity index (χ4n) is 1.29. The molecule has 18 heavy (non-hydrogen) atoms. The van der Waals surface area contributed by atoms with E-state index in [2.05, 4.69) is 9.68 Å². The number of aromatic carboxylic acids is 1. The van der Waals surface area contributed by atoms with Crippen molar-refractivity contribution in [1.29, 1.82) is 0 Å². The first-order valence-corrected chi connectivity index (χ1v) is 4.83. The molecule has 2 aromatic rings. The molecule has 0 radical (unpaired) electrons. The zero-order chi connectivity index (χ0) is 13.4. The van der Waals surface area contributed by atoms with Crippen LogP contribution in [-0.2, 0) is 0 Å². The molecule has 0 fully saturated rings. The van der Waals surface area contributed by atoms with Crippen LogP contribution in [0.15, 0.2) is 16.7 Å². The first-order chi connectivity index (χ1) is 8.41. The van der Waals surface area contributed by atoms with Crippen molar-refractivity contribution in [2.24, 2.45) is 0 Å². The summed E-state index contributed by atoms with van der Waals surface area (Å²) in [6.45, 7) is 0. The van der Waals surface area contributed by atoms with Crippen molar-refractivity contribution in [2.75, 3.05) is 0 Å². The zero-order valence-corrected chi connectivity index (χ0v) is 9.13. The van der Waals surface area contributed by atoms with Gasteiger partial charge in [0.05, 0.1) is 5.56 Å². The molecule has 4 nitrogen and oxygen atoms in total. The Kier molecular flexibility index (Phi) is 3.00. The van der Waals surface area contributed by atoms with Gasteiger partial charge in [0.1, 0.15) is 16.7 Å². The fraction of sp³-hybridized carbons (Fsp3) is 0. The molecule has 2 rings (SSSR count). The SMILES string of the molecule is O=C(O)c1cc(-c2c(F)cc(F)c(Cl)c2F)on1. The Balaban J connectivity index is 2.63. The number of benzene rings is 1. The van der Waals surface area contributed by atoms with E-state index in [4.69, 9.17) is 16.7 Å². The second kappa shape index (κ2) is 4.34. The van der Waals surface area contributed by atoms with Crippen molar-refractivity contribution < 1.29 is 27.6 Å². The van der Waals surface area contributed by atoms with Gasteiger partial charge in [-0.15, -0.1) is 0 Å². The van der Waals surface area contributed by atoms with Crippen LogP contribution in [0.1, 0.15) is 10.5 Å². The average molecular weight is 278 g/mol. The molecule has 0 saturated carbocycles. The third kappa shape index (κ3) is 1.92. The Labute approximate surface area is 103 Å². The van der Waals surface area contributed by atoms with Crippen LogP contribution in [0.25, 0.3) is 11.3 Å². The van der Waals surface area contributed by atoms with E-state index in [-0.39, 0.29) is 0 Å². The number of carboxylic acids is 1. The molecular weight excluding hydrogens is 275 g/mol. The van der Waals surface area contributed by atoms with Gasteiger partial charge >= 0.3 is 5.97 Å². The molecule has 0 saturated heterocycles. The number of halogens is 4. The molecule has 94 valence electrons. The minimum atomic E-state index is -1.43.